The molecule has 0 saturated heterocycles. The maximum Gasteiger partial charge on any atom is 0.326 e. The van der Waals surface area contributed by atoms with Crippen molar-refractivity contribution >= 4 is 29.7 Å². The van der Waals surface area contributed by atoms with Crippen molar-refractivity contribution in [2.24, 2.45) is 0 Å². The predicted octanol–water partition coefficient (Wildman–Crippen LogP) is 0.357. The molecule has 7 nitrogen and oxygen atoms in total. The Morgan fingerprint density at radius 2 is 1.89 bits per heavy atom. The fourth-order valence-electron chi connectivity index (χ4n) is 1.16. The van der Waals surface area contributed by atoms with Gasteiger partial charge in [-0.05, 0) is 24.9 Å². The molecule has 0 saturated carbocycles. The Balaban J connectivity index is 3.88. The average Bonchev–Trinajstić information content (AvgIpc) is 2.27. The van der Waals surface area contributed by atoms with Crippen molar-refractivity contribution in [3.63, 3.8) is 0 Å². The first-order valence-corrected chi connectivity index (χ1v) is 6.84. The normalized spacial score (nSPS) is 11.6. The van der Waals surface area contributed by atoms with E-state index in [0.29, 0.717) is 6.54 Å². The van der Waals surface area contributed by atoms with E-state index < -0.39 is 30.4 Å². The quantitative estimate of drug-likeness (QED) is 0.452. The Labute approximate surface area is 109 Å². The summed E-state index contributed by atoms with van der Waals surface area (Å²) in [5.41, 5.74) is 0. The SMILES string of the molecule is CSCCCCNC(=O)N[C@@H](CC(=O)O)C(=O)O. The number of carbonyl (C=O) groups is 3. The van der Waals surface area contributed by atoms with Crippen LogP contribution in [0.1, 0.15) is 19.3 Å². The Morgan fingerprint density at radius 1 is 1.22 bits per heavy atom. The summed E-state index contributed by atoms with van der Waals surface area (Å²) in [4.78, 5) is 32.4. The van der Waals surface area contributed by atoms with Crippen LogP contribution in [0.2, 0.25) is 0 Å². The average molecular weight is 278 g/mol. The van der Waals surface area contributed by atoms with Gasteiger partial charge in [0.2, 0.25) is 0 Å². The van der Waals surface area contributed by atoms with Crippen LogP contribution in [0.25, 0.3) is 0 Å². The maximum absolute atomic E-state index is 11.3. The fourth-order valence-corrected chi connectivity index (χ4v) is 1.65. The molecule has 0 heterocycles. The molecule has 0 aromatic rings. The zero-order chi connectivity index (χ0) is 14.0. The van der Waals surface area contributed by atoms with E-state index in [2.05, 4.69) is 10.6 Å². The van der Waals surface area contributed by atoms with E-state index >= 15 is 0 Å². The molecule has 0 aliphatic heterocycles. The second kappa shape index (κ2) is 9.58. The van der Waals surface area contributed by atoms with E-state index in [1.807, 2.05) is 6.26 Å². The van der Waals surface area contributed by atoms with E-state index in [4.69, 9.17) is 10.2 Å². The molecular formula is C10H18N2O5S. The summed E-state index contributed by atoms with van der Waals surface area (Å²) in [7, 11) is 0. The molecule has 1 atom stereocenters. The summed E-state index contributed by atoms with van der Waals surface area (Å²) in [6.07, 6.45) is 3.10. The summed E-state index contributed by atoms with van der Waals surface area (Å²) >= 11 is 1.71. The summed E-state index contributed by atoms with van der Waals surface area (Å²) in [5.74, 6) is -1.64. The van der Waals surface area contributed by atoms with Gasteiger partial charge < -0.3 is 20.8 Å². The lowest BCUT2D eigenvalue weighted by Gasteiger charge is -2.13. The molecule has 2 amide bonds. The lowest BCUT2D eigenvalue weighted by Crippen LogP contribution is -2.47. The van der Waals surface area contributed by atoms with Crippen molar-refractivity contribution in [2.45, 2.75) is 25.3 Å². The highest BCUT2D eigenvalue weighted by atomic mass is 32.2. The number of unbranched alkanes of at least 4 members (excludes halogenated alkanes) is 1. The third-order valence-electron chi connectivity index (χ3n) is 2.04. The number of carboxylic acid groups (broad SMARTS) is 2. The molecule has 0 aliphatic carbocycles. The Hall–Kier alpha value is -1.44. The topological polar surface area (TPSA) is 116 Å². The Bertz CT molecular complexity index is 298. The number of nitrogens with one attached hydrogen (secondary N) is 2. The molecule has 0 aromatic carbocycles. The molecule has 0 aromatic heterocycles. The number of hydrogen-bond acceptors (Lipinski definition) is 4. The third kappa shape index (κ3) is 8.68. The van der Waals surface area contributed by atoms with Gasteiger partial charge in [0.25, 0.3) is 0 Å². The molecule has 0 aliphatic rings. The van der Waals surface area contributed by atoms with Crippen LogP contribution in [-0.4, -0.2) is 52.8 Å². The molecule has 0 unspecified atom stereocenters. The van der Waals surface area contributed by atoms with Crippen molar-refractivity contribution < 1.29 is 24.6 Å². The number of rotatable bonds is 9. The minimum absolute atomic E-state index is 0.436. The van der Waals surface area contributed by atoms with E-state index in [0.717, 1.165) is 18.6 Å². The Kier molecular flexibility index (Phi) is 8.81. The number of aliphatic carboxylic acids is 2. The summed E-state index contributed by atoms with van der Waals surface area (Å²) < 4.78 is 0. The van der Waals surface area contributed by atoms with Crippen molar-refractivity contribution in [1.82, 2.24) is 10.6 Å². The van der Waals surface area contributed by atoms with Gasteiger partial charge in [-0.2, -0.15) is 11.8 Å². The van der Waals surface area contributed by atoms with Crippen molar-refractivity contribution in [3.8, 4) is 0 Å². The lowest BCUT2D eigenvalue weighted by molar-refractivity contribution is -0.145. The molecule has 0 radical (unpaired) electrons. The number of hydrogen-bond donors (Lipinski definition) is 4. The van der Waals surface area contributed by atoms with Crippen LogP contribution in [0.4, 0.5) is 4.79 Å². The van der Waals surface area contributed by atoms with Gasteiger partial charge in [0.1, 0.15) is 6.04 Å². The molecule has 0 bridgehead atoms. The van der Waals surface area contributed by atoms with Crippen LogP contribution in [0.3, 0.4) is 0 Å². The molecular weight excluding hydrogens is 260 g/mol. The van der Waals surface area contributed by atoms with Crippen LogP contribution in [0, 0.1) is 0 Å². The van der Waals surface area contributed by atoms with Gasteiger partial charge in [0.05, 0.1) is 6.42 Å². The van der Waals surface area contributed by atoms with Gasteiger partial charge in [0.15, 0.2) is 0 Å². The monoisotopic (exact) mass is 278 g/mol. The zero-order valence-electron chi connectivity index (χ0n) is 10.1. The second-order valence-electron chi connectivity index (χ2n) is 3.59. The van der Waals surface area contributed by atoms with Gasteiger partial charge in [-0.25, -0.2) is 9.59 Å². The van der Waals surface area contributed by atoms with Gasteiger partial charge in [-0.1, -0.05) is 0 Å². The minimum atomic E-state index is -1.41. The van der Waals surface area contributed by atoms with Crippen LogP contribution in [-0.2, 0) is 9.59 Å². The number of urea groups is 1. The van der Waals surface area contributed by atoms with Crippen LogP contribution in [0.15, 0.2) is 0 Å². The highest BCUT2D eigenvalue weighted by molar-refractivity contribution is 7.98. The molecule has 8 heteroatoms. The molecule has 0 spiro atoms. The molecule has 18 heavy (non-hydrogen) atoms. The molecule has 0 rings (SSSR count). The van der Waals surface area contributed by atoms with Crippen LogP contribution >= 0.6 is 11.8 Å². The molecule has 0 fully saturated rings. The number of thioether (sulfide) groups is 1. The first-order chi connectivity index (χ1) is 8.47. The van der Waals surface area contributed by atoms with E-state index in [-0.39, 0.29) is 0 Å². The number of carboxylic acids is 2. The van der Waals surface area contributed by atoms with Crippen LogP contribution < -0.4 is 10.6 Å². The highest BCUT2D eigenvalue weighted by Gasteiger charge is 2.22. The summed E-state index contributed by atoms with van der Waals surface area (Å²) in [5, 5.41) is 21.8. The highest BCUT2D eigenvalue weighted by Crippen LogP contribution is 1.98. The second-order valence-corrected chi connectivity index (χ2v) is 4.57. The summed E-state index contributed by atoms with van der Waals surface area (Å²) in [6.45, 7) is 0.436. The van der Waals surface area contributed by atoms with Gasteiger partial charge >= 0.3 is 18.0 Å². The third-order valence-corrected chi connectivity index (χ3v) is 2.74. The van der Waals surface area contributed by atoms with E-state index in [1.165, 1.54) is 0 Å². The molecule has 104 valence electrons. The largest absolute Gasteiger partial charge is 0.481 e. The Morgan fingerprint density at radius 3 is 2.39 bits per heavy atom. The van der Waals surface area contributed by atoms with Gasteiger partial charge in [0, 0.05) is 6.54 Å². The molecule has 4 N–H and O–H groups in total. The standard InChI is InChI=1S/C10H18N2O5S/c1-18-5-3-2-4-11-10(17)12-7(9(15)16)6-8(13)14/h7H,2-6H2,1H3,(H,13,14)(H,15,16)(H2,11,12,17)/t7-/m0/s1. The van der Waals surface area contributed by atoms with Crippen LogP contribution in [0.5, 0.6) is 0 Å². The maximum atomic E-state index is 11.3. The lowest BCUT2D eigenvalue weighted by atomic mass is 10.2. The van der Waals surface area contributed by atoms with E-state index in [1.54, 1.807) is 11.8 Å². The minimum Gasteiger partial charge on any atom is -0.481 e. The first kappa shape index (κ1) is 16.6. The summed E-state index contributed by atoms with van der Waals surface area (Å²) in [6, 6.07) is -2.07. The first-order valence-electron chi connectivity index (χ1n) is 5.45. The van der Waals surface area contributed by atoms with Gasteiger partial charge in [-0.3, -0.25) is 4.79 Å². The van der Waals surface area contributed by atoms with Crippen molar-refractivity contribution in [1.29, 1.82) is 0 Å². The fraction of sp³-hybridized carbons (Fsp3) is 0.700. The zero-order valence-corrected chi connectivity index (χ0v) is 11.0. The van der Waals surface area contributed by atoms with Crippen molar-refractivity contribution in [2.75, 3.05) is 18.6 Å². The van der Waals surface area contributed by atoms with Gasteiger partial charge in [-0.15, -0.1) is 0 Å². The smallest absolute Gasteiger partial charge is 0.326 e. The number of amides is 2. The predicted molar refractivity (Wildman–Crippen MR) is 67.8 cm³/mol. The van der Waals surface area contributed by atoms with Crippen molar-refractivity contribution in [3.05, 3.63) is 0 Å². The number of carbonyl (C=O) groups excluding carboxylic acids is 1. The van der Waals surface area contributed by atoms with E-state index in [9.17, 15) is 14.4 Å².